The van der Waals surface area contributed by atoms with Gasteiger partial charge in [-0.15, -0.1) is 0 Å². The highest BCUT2D eigenvalue weighted by atomic mass is 19.4. The number of nitrogens with one attached hydrogen (secondary N) is 1. The van der Waals surface area contributed by atoms with Crippen molar-refractivity contribution in [1.29, 1.82) is 0 Å². The van der Waals surface area contributed by atoms with Crippen LogP contribution in [0.25, 0.3) is 0 Å². The fourth-order valence-corrected chi connectivity index (χ4v) is 1.91. The minimum atomic E-state index is -4.40. The average molecular weight is 210 g/mol. The Bertz CT molecular complexity index is 211. The van der Waals surface area contributed by atoms with Crippen molar-refractivity contribution in [3.63, 3.8) is 0 Å². The molecule has 1 fully saturated rings. The second-order valence-electron chi connectivity index (χ2n) is 3.57. The summed E-state index contributed by atoms with van der Waals surface area (Å²) in [7, 11) is 0. The largest absolute Gasteiger partial charge is 0.408 e. The smallest absolute Gasteiger partial charge is 0.352 e. The summed E-state index contributed by atoms with van der Waals surface area (Å²) in [4.78, 5) is 10.4. The van der Waals surface area contributed by atoms with Crippen LogP contribution < -0.4 is 11.1 Å². The number of urea groups is 1. The lowest BCUT2D eigenvalue weighted by atomic mass is 9.98. The lowest BCUT2D eigenvalue weighted by molar-refractivity contribution is -0.164. The summed E-state index contributed by atoms with van der Waals surface area (Å²) in [5.41, 5.74) is 4.71. The molecule has 1 atom stereocenters. The zero-order chi connectivity index (χ0) is 10.8. The van der Waals surface area contributed by atoms with Crippen molar-refractivity contribution >= 4 is 6.03 Å². The van der Waals surface area contributed by atoms with Gasteiger partial charge in [0.15, 0.2) is 0 Å². The number of alkyl halides is 3. The molecule has 0 bridgehead atoms. The fraction of sp³-hybridized carbons (Fsp3) is 0.875. The molecule has 0 aromatic rings. The Hall–Kier alpha value is -0.940. The van der Waals surface area contributed by atoms with Crippen LogP contribution in [-0.4, -0.2) is 18.2 Å². The molecule has 0 saturated heterocycles. The maximum Gasteiger partial charge on any atom is 0.408 e. The van der Waals surface area contributed by atoms with Crippen molar-refractivity contribution in [2.24, 2.45) is 11.7 Å². The summed E-state index contributed by atoms with van der Waals surface area (Å²) < 4.78 is 37.4. The number of rotatable bonds is 2. The Morgan fingerprint density at radius 1 is 1.36 bits per heavy atom. The van der Waals surface area contributed by atoms with Gasteiger partial charge < -0.3 is 11.1 Å². The molecule has 1 aliphatic rings. The van der Waals surface area contributed by atoms with Crippen molar-refractivity contribution in [2.45, 2.75) is 37.9 Å². The molecule has 1 unspecified atom stereocenters. The molecule has 1 aliphatic carbocycles. The van der Waals surface area contributed by atoms with Crippen LogP contribution in [-0.2, 0) is 0 Å². The third-order valence-corrected chi connectivity index (χ3v) is 2.52. The van der Waals surface area contributed by atoms with Crippen LogP contribution in [0, 0.1) is 5.92 Å². The third-order valence-electron chi connectivity index (χ3n) is 2.52. The first-order chi connectivity index (χ1) is 6.41. The Kier molecular flexibility index (Phi) is 3.23. The first kappa shape index (κ1) is 11.1. The molecule has 1 rings (SSSR count). The summed E-state index contributed by atoms with van der Waals surface area (Å²) in [5.74, 6) is -0.512. The molecule has 0 radical (unpaired) electrons. The van der Waals surface area contributed by atoms with Crippen LogP contribution in [0.15, 0.2) is 0 Å². The lowest BCUT2D eigenvalue weighted by Gasteiger charge is -2.25. The molecular weight excluding hydrogens is 197 g/mol. The molecule has 82 valence electrons. The SMILES string of the molecule is NC(=O)NC(C1CCCC1)C(F)(F)F. The van der Waals surface area contributed by atoms with Crippen LogP contribution in [0.2, 0.25) is 0 Å². The maximum absolute atomic E-state index is 12.5. The van der Waals surface area contributed by atoms with Gasteiger partial charge in [0.2, 0.25) is 0 Å². The third kappa shape index (κ3) is 2.78. The Balaban J connectivity index is 2.65. The van der Waals surface area contributed by atoms with Crippen molar-refractivity contribution < 1.29 is 18.0 Å². The average Bonchev–Trinajstić information content (AvgIpc) is 2.49. The van der Waals surface area contributed by atoms with Crippen LogP contribution in [0.4, 0.5) is 18.0 Å². The Morgan fingerprint density at radius 3 is 2.21 bits per heavy atom. The van der Waals surface area contributed by atoms with Gasteiger partial charge in [0.1, 0.15) is 6.04 Å². The van der Waals surface area contributed by atoms with Gasteiger partial charge >= 0.3 is 12.2 Å². The predicted molar refractivity (Wildman–Crippen MR) is 44.5 cm³/mol. The van der Waals surface area contributed by atoms with E-state index in [1.165, 1.54) is 0 Å². The quantitative estimate of drug-likeness (QED) is 0.717. The standard InChI is InChI=1S/C8H13F3N2O/c9-8(10,11)6(13-7(12)14)5-3-1-2-4-5/h5-6H,1-4H2,(H3,12,13,14). The molecule has 6 heteroatoms. The van der Waals surface area contributed by atoms with Gasteiger partial charge in [-0.25, -0.2) is 4.79 Å². The number of halogens is 3. The number of primary amides is 1. The molecule has 0 spiro atoms. The molecular formula is C8H13F3N2O. The highest BCUT2D eigenvalue weighted by Crippen LogP contribution is 2.35. The first-order valence-electron chi connectivity index (χ1n) is 4.54. The number of carbonyl (C=O) groups excluding carboxylic acids is 1. The maximum atomic E-state index is 12.5. The number of carbonyl (C=O) groups is 1. The van der Waals surface area contributed by atoms with E-state index in [2.05, 4.69) is 0 Å². The molecule has 0 heterocycles. The van der Waals surface area contributed by atoms with E-state index in [1.807, 2.05) is 0 Å². The van der Waals surface area contributed by atoms with Crippen LogP contribution in [0.3, 0.4) is 0 Å². The number of hydrogen-bond donors (Lipinski definition) is 2. The Morgan fingerprint density at radius 2 is 1.86 bits per heavy atom. The van der Waals surface area contributed by atoms with Gasteiger partial charge in [0, 0.05) is 0 Å². The monoisotopic (exact) mass is 210 g/mol. The molecule has 0 aromatic carbocycles. The van der Waals surface area contributed by atoms with Gasteiger partial charge in [-0.2, -0.15) is 13.2 Å². The minimum absolute atomic E-state index is 0.504. The van der Waals surface area contributed by atoms with E-state index in [0.29, 0.717) is 12.8 Å². The van der Waals surface area contributed by atoms with E-state index in [0.717, 1.165) is 12.8 Å². The van der Waals surface area contributed by atoms with E-state index in [-0.39, 0.29) is 0 Å². The fourth-order valence-electron chi connectivity index (χ4n) is 1.91. The second kappa shape index (κ2) is 4.06. The molecule has 0 aromatic heterocycles. The van der Waals surface area contributed by atoms with E-state index in [4.69, 9.17) is 5.73 Å². The van der Waals surface area contributed by atoms with Crippen LogP contribution in [0.5, 0.6) is 0 Å². The van der Waals surface area contributed by atoms with Gasteiger partial charge in [-0.1, -0.05) is 12.8 Å². The number of amides is 2. The van der Waals surface area contributed by atoms with E-state index >= 15 is 0 Å². The predicted octanol–water partition coefficient (Wildman–Crippen LogP) is 1.78. The first-order valence-corrected chi connectivity index (χ1v) is 4.54. The van der Waals surface area contributed by atoms with E-state index in [9.17, 15) is 18.0 Å². The van der Waals surface area contributed by atoms with Crippen LogP contribution >= 0.6 is 0 Å². The summed E-state index contributed by atoms with van der Waals surface area (Å²) in [6.07, 6.45) is -1.81. The van der Waals surface area contributed by atoms with Gasteiger partial charge in [-0.3, -0.25) is 0 Å². The highest BCUT2D eigenvalue weighted by Gasteiger charge is 2.45. The summed E-state index contributed by atoms with van der Waals surface area (Å²) >= 11 is 0. The van der Waals surface area contributed by atoms with Gasteiger partial charge in [-0.05, 0) is 18.8 Å². The molecule has 2 amide bonds. The summed E-state index contributed by atoms with van der Waals surface area (Å²) in [5, 5.41) is 1.78. The molecule has 3 N–H and O–H groups in total. The second-order valence-corrected chi connectivity index (χ2v) is 3.57. The van der Waals surface area contributed by atoms with Crippen molar-refractivity contribution in [1.82, 2.24) is 5.32 Å². The van der Waals surface area contributed by atoms with Crippen molar-refractivity contribution in [3.8, 4) is 0 Å². The minimum Gasteiger partial charge on any atom is -0.352 e. The zero-order valence-corrected chi connectivity index (χ0v) is 7.60. The molecule has 0 aliphatic heterocycles. The lowest BCUT2D eigenvalue weighted by Crippen LogP contribution is -2.51. The zero-order valence-electron chi connectivity index (χ0n) is 7.60. The summed E-state index contributed by atoms with van der Waals surface area (Å²) in [6, 6.07) is -2.89. The number of hydrogen-bond acceptors (Lipinski definition) is 1. The normalized spacial score (nSPS) is 20.8. The Labute approximate surface area is 79.8 Å². The van der Waals surface area contributed by atoms with Gasteiger partial charge in [0.05, 0.1) is 0 Å². The van der Waals surface area contributed by atoms with Crippen molar-refractivity contribution in [2.75, 3.05) is 0 Å². The molecule has 14 heavy (non-hydrogen) atoms. The molecule has 1 saturated carbocycles. The van der Waals surface area contributed by atoms with E-state index in [1.54, 1.807) is 5.32 Å². The van der Waals surface area contributed by atoms with Gasteiger partial charge in [0.25, 0.3) is 0 Å². The topological polar surface area (TPSA) is 55.1 Å². The highest BCUT2D eigenvalue weighted by molar-refractivity contribution is 5.72. The van der Waals surface area contributed by atoms with E-state index < -0.39 is 24.2 Å². The van der Waals surface area contributed by atoms with Crippen LogP contribution in [0.1, 0.15) is 25.7 Å². The molecule has 3 nitrogen and oxygen atoms in total. The summed E-state index contributed by atoms with van der Waals surface area (Å²) in [6.45, 7) is 0. The van der Waals surface area contributed by atoms with Crippen molar-refractivity contribution in [3.05, 3.63) is 0 Å². The number of nitrogens with two attached hydrogens (primary N) is 1.